The smallest absolute Gasteiger partial charge is 0.291 e. The molecule has 31 heteroatoms. The van der Waals surface area contributed by atoms with Gasteiger partial charge >= 0.3 is 0 Å². The quantitative estimate of drug-likeness (QED) is 0.0310. The molecule has 0 unspecified atom stereocenters. The number of hydrogen-bond acceptors (Lipinski definition) is 16. The minimum absolute atomic E-state index is 0.0364. The first kappa shape index (κ1) is 59.7. The summed E-state index contributed by atoms with van der Waals surface area (Å²) in [4.78, 5) is 147. The Morgan fingerprint density at radius 3 is 1.43 bits per heavy atom. The van der Waals surface area contributed by atoms with Gasteiger partial charge in [0.05, 0.1) is 11.4 Å². The van der Waals surface area contributed by atoms with Gasteiger partial charge in [-0.15, -0.1) is 11.3 Å². The Balaban J connectivity index is 0.870. The molecule has 0 spiro atoms. The number of nitrogens with one attached hydrogen (secondary N) is 10. The first-order valence-electron chi connectivity index (χ1n) is 25.0. The molecule has 6 aromatic rings. The second-order valence-corrected chi connectivity index (χ2v) is 19.6. The van der Waals surface area contributed by atoms with Gasteiger partial charge < -0.3 is 80.9 Å². The molecule has 0 saturated carbocycles. The molecule has 10 amide bonds. The molecule has 6 aromatic heterocycles. The monoisotopic (exact) mass is 1120 g/mol. The Morgan fingerprint density at radius 2 is 0.950 bits per heavy atom. The third-order valence-electron chi connectivity index (χ3n) is 11.6. The summed E-state index contributed by atoms with van der Waals surface area (Å²) >= 11 is 1.06. The summed E-state index contributed by atoms with van der Waals surface area (Å²) in [5.41, 5.74) is 1.05. The largest absolute Gasteiger partial charge is 0.356 e. The van der Waals surface area contributed by atoms with E-state index in [2.05, 4.69) is 73.1 Å². The fourth-order valence-electron chi connectivity index (χ4n) is 7.62. The molecule has 0 aliphatic carbocycles. The summed E-state index contributed by atoms with van der Waals surface area (Å²) in [5.74, 6) is -4.52. The summed E-state index contributed by atoms with van der Waals surface area (Å²) in [6.45, 7) is 3.03. The highest BCUT2D eigenvalue weighted by Crippen LogP contribution is 2.23. The molecule has 0 fully saturated rings. The van der Waals surface area contributed by atoms with Crippen LogP contribution in [0.25, 0.3) is 0 Å². The summed E-state index contributed by atoms with van der Waals surface area (Å²) in [7, 11) is 11.9. The number of hydrogen-bond donors (Lipinski definition) is 10. The summed E-state index contributed by atoms with van der Waals surface area (Å²) in [5, 5.41) is 26.7. The van der Waals surface area contributed by atoms with E-state index < -0.39 is 53.2 Å². The van der Waals surface area contributed by atoms with Crippen LogP contribution in [-0.4, -0.2) is 160 Å². The number of amides is 10. The number of aryl methyl sites for hydroxylation is 6. The van der Waals surface area contributed by atoms with Crippen molar-refractivity contribution in [3.63, 3.8) is 0 Å². The zero-order valence-corrected chi connectivity index (χ0v) is 46.2. The van der Waals surface area contributed by atoms with E-state index in [1.54, 1.807) is 59.1 Å². The van der Waals surface area contributed by atoms with E-state index in [0.717, 1.165) is 24.3 Å². The van der Waals surface area contributed by atoms with Crippen molar-refractivity contribution < 1.29 is 47.9 Å². The van der Waals surface area contributed by atoms with E-state index in [4.69, 9.17) is 0 Å². The maximum absolute atomic E-state index is 13.2. The van der Waals surface area contributed by atoms with Crippen LogP contribution in [0.1, 0.15) is 100 Å². The highest BCUT2D eigenvalue weighted by molar-refractivity contribution is 7.16. The van der Waals surface area contributed by atoms with E-state index in [9.17, 15) is 47.9 Å². The number of anilines is 5. The van der Waals surface area contributed by atoms with Gasteiger partial charge in [0, 0.05) is 136 Å². The molecular formula is C49H64N20O10S. The highest BCUT2D eigenvalue weighted by atomic mass is 32.1. The van der Waals surface area contributed by atoms with Crippen LogP contribution in [0.4, 0.5) is 28.1 Å². The first-order valence-corrected chi connectivity index (χ1v) is 25.8. The van der Waals surface area contributed by atoms with Crippen molar-refractivity contribution in [3.8, 4) is 0 Å². The van der Waals surface area contributed by atoms with Crippen LogP contribution in [0.3, 0.4) is 0 Å². The second kappa shape index (κ2) is 27.7. The van der Waals surface area contributed by atoms with Crippen molar-refractivity contribution in [2.75, 3.05) is 79.9 Å². The predicted octanol–water partition coefficient (Wildman–Crippen LogP) is 0.297. The van der Waals surface area contributed by atoms with Crippen LogP contribution in [0, 0.1) is 6.92 Å². The molecule has 0 bridgehead atoms. The predicted molar refractivity (Wildman–Crippen MR) is 293 cm³/mol. The number of aromatic nitrogens is 9. The van der Waals surface area contributed by atoms with Crippen LogP contribution >= 0.6 is 11.3 Å². The number of rotatable bonds is 27. The number of carbonyl (C=O) groups is 10. The molecule has 0 aliphatic heterocycles. The molecule has 0 atom stereocenters. The fourth-order valence-corrected chi connectivity index (χ4v) is 8.44. The average Bonchev–Trinajstić information content (AvgIpc) is 4.27. The molecule has 6 rings (SSSR count). The number of imidazole rings is 3. The molecule has 10 N–H and O–H groups in total. The summed E-state index contributed by atoms with van der Waals surface area (Å²) in [6, 6.07) is 2.92. The lowest BCUT2D eigenvalue weighted by atomic mass is 10.3. The third-order valence-corrected chi connectivity index (χ3v) is 12.5. The maximum atomic E-state index is 13.2. The van der Waals surface area contributed by atoms with Gasteiger partial charge in [-0.3, -0.25) is 47.9 Å². The van der Waals surface area contributed by atoms with Gasteiger partial charge in [0.1, 0.15) is 17.1 Å². The first-order chi connectivity index (χ1) is 38.0. The highest BCUT2D eigenvalue weighted by Gasteiger charge is 2.22. The molecule has 0 saturated heterocycles. The lowest BCUT2D eigenvalue weighted by Crippen LogP contribution is -2.32. The van der Waals surface area contributed by atoms with Crippen LogP contribution in [0.5, 0.6) is 0 Å². The Hall–Kier alpha value is -9.52. The minimum Gasteiger partial charge on any atom is -0.356 e. The van der Waals surface area contributed by atoms with Gasteiger partial charge in [-0.25, -0.2) is 19.9 Å². The molecular weight excluding hydrogens is 1060 g/mol. The number of nitrogens with zero attached hydrogens (tertiary/aromatic N) is 10. The van der Waals surface area contributed by atoms with E-state index in [1.807, 2.05) is 19.0 Å². The zero-order valence-electron chi connectivity index (χ0n) is 45.4. The Bertz CT molecular complexity index is 3280. The van der Waals surface area contributed by atoms with Crippen LogP contribution in [0.15, 0.2) is 49.3 Å². The molecule has 426 valence electrons. The summed E-state index contributed by atoms with van der Waals surface area (Å²) in [6.07, 6.45) is 9.60. The second-order valence-electron chi connectivity index (χ2n) is 18.4. The van der Waals surface area contributed by atoms with Crippen molar-refractivity contribution in [1.82, 2.24) is 74.3 Å². The Kier molecular flexibility index (Phi) is 20.7. The van der Waals surface area contributed by atoms with E-state index >= 15 is 0 Å². The van der Waals surface area contributed by atoms with E-state index in [0.29, 0.717) is 17.1 Å². The van der Waals surface area contributed by atoms with Crippen LogP contribution in [-0.2, 0) is 54.4 Å². The van der Waals surface area contributed by atoms with Gasteiger partial charge in [-0.2, -0.15) is 0 Å². The fraction of sp³-hybridized carbons (Fsp3) is 0.388. The molecule has 0 radical (unpaired) electrons. The van der Waals surface area contributed by atoms with Gasteiger partial charge in [0.25, 0.3) is 35.4 Å². The normalized spacial score (nSPS) is 10.9. The Labute approximate surface area is 462 Å². The van der Waals surface area contributed by atoms with Crippen molar-refractivity contribution in [2.45, 2.75) is 39.0 Å². The van der Waals surface area contributed by atoms with Gasteiger partial charge in [0.2, 0.25) is 35.3 Å². The number of carbonyl (C=O) groups excluding carboxylic acids is 10. The van der Waals surface area contributed by atoms with E-state index in [1.165, 1.54) is 55.2 Å². The average molecular weight is 1130 g/mol. The molecule has 6 heterocycles. The number of thiazole rings is 1. The minimum atomic E-state index is -0.623. The Morgan fingerprint density at radius 1 is 0.487 bits per heavy atom. The van der Waals surface area contributed by atoms with Gasteiger partial charge in [-0.05, 0) is 46.1 Å². The standard InChI is InChI=1S/C49H64N20O10S/c1-28-39(45(76)54-17-11-36(71)58-33-26-68(7)41(60-33)47(78)56-29-22-31(66(5)24-29)43(74)52-15-10-35(70)50-14-9-20-64(2)3)63-49(80-28)62-38(73)13-16-53-44(75)32-23-30(25-67(32)6)57-48(79)42-61-34(27-69(42)8)59-37(72)12-18-55-46(77)40-51-19-21-65(40)4/h19,21-27H,9-18,20H2,1-8H3,(H,50,70)(H,52,74)(H,53,75)(H,54,76)(H,55,77)(H,56,78)(H,57,79)(H,58,71)(H,59,72)(H,62,63,73). The third kappa shape index (κ3) is 17.0. The lowest BCUT2D eigenvalue weighted by Gasteiger charge is -2.10. The summed E-state index contributed by atoms with van der Waals surface area (Å²) < 4.78 is 7.38. The van der Waals surface area contributed by atoms with Crippen molar-refractivity contribution in [2.24, 2.45) is 35.2 Å². The molecule has 30 nitrogen and oxygen atoms in total. The van der Waals surface area contributed by atoms with Crippen molar-refractivity contribution >= 4 is 98.6 Å². The molecule has 0 aliphatic rings. The van der Waals surface area contributed by atoms with Crippen LogP contribution in [0.2, 0.25) is 0 Å². The van der Waals surface area contributed by atoms with Crippen LogP contribution < -0.4 is 53.2 Å². The van der Waals surface area contributed by atoms with Crippen molar-refractivity contribution in [3.05, 3.63) is 88.7 Å². The maximum Gasteiger partial charge on any atom is 0.291 e. The van der Waals surface area contributed by atoms with E-state index in [-0.39, 0.29) is 115 Å². The molecule has 80 heavy (non-hydrogen) atoms. The van der Waals surface area contributed by atoms with Gasteiger partial charge in [0.15, 0.2) is 22.6 Å². The molecule has 0 aromatic carbocycles. The topological polar surface area (TPSA) is 370 Å². The SMILES string of the molecule is Cc1sc(NC(=O)CCNC(=O)c2cc(NC(=O)c3nc(NC(=O)CCNC(=O)c4nccn4C)cn3C)cn2C)nc1C(=O)NCCC(=O)Nc1cn(C)c(C(=O)Nc2cc(C(=O)NCCC(=O)NCCCN(C)C)n(C)c2)n1. The van der Waals surface area contributed by atoms with Crippen molar-refractivity contribution in [1.29, 1.82) is 0 Å². The lowest BCUT2D eigenvalue weighted by molar-refractivity contribution is -0.121. The zero-order chi connectivity index (χ0) is 58.2. The van der Waals surface area contributed by atoms with Gasteiger partial charge in [-0.1, -0.05) is 0 Å².